The highest BCUT2D eigenvalue weighted by Gasteiger charge is 2.40. The Balaban J connectivity index is 2.13. The van der Waals surface area contributed by atoms with Gasteiger partial charge in [0.05, 0.1) is 29.7 Å². The third-order valence-corrected chi connectivity index (χ3v) is 3.23. The molecule has 3 heterocycles. The molecule has 0 fully saturated rings. The SMILES string of the molecule is COc1cccc2cn3[n+](c12)[NH+]([O-])c1nccnc1-3. The predicted molar refractivity (Wildman–Crippen MR) is 65.0 cm³/mol. The molecule has 0 spiro atoms. The number of nitrogens with one attached hydrogen (secondary N) is 1. The van der Waals surface area contributed by atoms with Gasteiger partial charge in [-0.15, -0.1) is 0 Å². The second kappa shape index (κ2) is 3.50. The number of methoxy groups -OCH3 is 1. The molecule has 2 aromatic heterocycles. The zero-order valence-electron chi connectivity index (χ0n) is 10.1. The van der Waals surface area contributed by atoms with Crippen molar-refractivity contribution in [1.29, 1.82) is 0 Å². The maximum absolute atomic E-state index is 12.4. The number of hydrogen-bond acceptors (Lipinski definition) is 4. The highest BCUT2D eigenvalue weighted by molar-refractivity contribution is 5.81. The van der Waals surface area contributed by atoms with Crippen LogP contribution in [0.2, 0.25) is 0 Å². The Morgan fingerprint density at radius 2 is 2.16 bits per heavy atom. The van der Waals surface area contributed by atoms with Crippen LogP contribution in [0.5, 0.6) is 5.75 Å². The van der Waals surface area contributed by atoms with Crippen LogP contribution in [-0.2, 0) is 0 Å². The Morgan fingerprint density at radius 1 is 1.32 bits per heavy atom. The lowest BCUT2D eigenvalue weighted by Crippen LogP contribution is -3.18. The van der Waals surface area contributed by atoms with Crippen LogP contribution in [0, 0.1) is 5.21 Å². The van der Waals surface area contributed by atoms with E-state index in [1.165, 1.54) is 6.20 Å². The fourth-order valence-electron chi connectivity index (χ4n) is 2.44. The largest absolute Gasteiger partial charge is 0.567 e. The molecule has 0 amide bonds. The molecule has 0 radical (unpaired) electrons. The standard InChI is InChI=1S/C12H10N5O2/c1-19-9-4-2-3-8-7-15-11-12(14-6-5-13-11)17(18)16(15)10(8)9/h2-7,17H,1H3/q+1. The molecular formula is C12H10N5O2+. The van der Waals surface area contributed by atoms with Crippen molar-refractivity contribution in [2.75, 3.05) is 7.11 Å². The molecule has 1 aliphatic heterocycles. The van der Waals surface area contributed by atoms with Gasteiger partial charge in [-0.05, 0) is 16.8 Å². The van der Waals surface area contributed by atoms with E-state index in [4.69, 9.17) is 4.74 Å². The Hall–Kier alpha value is -2.51. The minimum Gasteiger partial charge on any atom is -0.567 e. The molecule has 4 rings (SSSR count). The van der Waals surface area contributed by atoms with Gasteiger partial charge in [-0.3, -0.25) is 0 Å². The van der Waals surface area contributed by atoms with Crippen molar-refractivity contribution in [2.45, 2.75) is 0 Å². The highest BCUT2D eigenvalue weighted by Crippen LogP contribution is 2.24. The van der Waals surface area contributed by atoms with Gasteiger partial charge in [0.25, 0.3) is 5.82 Å². The molecule has 0 aliphatic carbocycles. The summed E-state index contributed by atoms with van der Waals surface area (Å²) in [5.74, 6) is 1.55. The summed E-state index contributed by atoms with van der Waals surface area (Å²) < 4.78 is 7.04. The summed E-state index contributed by atoms with van der Waals surface area (Å²) in [6.45, 7) is 0. The molecule has 1 aromatic carbocycles. The summed E-state index contributed by atoms with van der Waals surface area (Å²) in [5.41, 5.74) is 0.731. The predicted octanol–water partition coefficient (Wildman–Crippen LogP) is -0.493. The van der Waals surface area contributed by atoms with Gasteiger partial charge in [-0.2, -0.15) is 4.98 Å². The van der Waals surface area contributed by atoms with Crippen molar-refractivity contribution in [2.24, 2.45) is 0 Å². The first kappa shape index (κ1) is 10.4. The topological polar surface area (TPSA) is 71.3 Å². The van der Waals surface area contributed by atoms with E-state index < -0.39 is 0 Å². The lowest BCUT2D eigenvalue weighted by molar-refractivity contribution is -1.36. The average molecular weight is 256 g/mol. The number of rotatable bonds is 1. The van der Waals surface area contributed by atoms with Gasteiger partial charge in [0.2, 0.25) is 5.75 Å². The molecule has 1 unspecified atom stereocenters. The van der Waals surface area contributed by atoms with E-state index in [9.17, 15) is 5.21 Å². The Bertz CT molecular complexity index is 798. The van der Waals surface area contributed by atoms with E-state index in [1.54, 1.807) is 22.8 Å². The van der Waals surface area contributed by atoms with E-state index in [-0.39, 0.29) is 5.17 Å². The minimum atomic E-state index is -0.192. The molecule has 0 bridgehead atoms. The van der Waals surface area contributed by atoms with Gasteiger partial charge in [-0.1, -0.05) is 11.2 Å². The number of benzene rings is 1. The molecule has 0 saturated carbocycles. The maximum atomic E-state index is 12.4. The van der Waals surface area contributed by atoms with Crippen molar-refractivity contribution in [3.8, 4) is 11.6 Å². The van der Waals surface area contributed by atoms with Crippen LogP contribution in [0.25, 0.3) is 16.7 Å². The monoisotopic (exact) mass is 256 g/mol. The second-order valence-corrected chi connectivity index (χ2v) is 4.22. The minimum absolute atomic E-state index is 0.192. The van der Waals surface area contributed by atoms with Crippen LogP contribution in [0.15, 0.2) is 36.8 Å². The van der Waals surface area contributed by atoms with E-state index >= 15 is 0 Å². The van der Waals surface area contributed by atoms with E-state index in [2.05, 4.69) is 9.97 Å². The summed E-state index contributed by atoms with van der Waals surface area (Å²) >= 11 is 0. The fraction of sp³-hybridized carbons (Fsp3) is 0.0833. The molecule has 7 nitrogen and oxygen atoms in total. The van der Waals surface area contributed by atoms with Crippen molar-refractivity contribution >= 4 is 16.7 Å². The van der Waals surface area contributed by atoms with E-state index in [0.717, 1.165) is 10.9 Å². The third-order valence-electron chi connectivity index (χ3n) is 3.23. The third kappa shape index (κ3) is 1.20. The van der Waals surface area contributed by atoms with Gasteiger partial charge in [0, 0.05) is 6.20 Å². The van der Waals surface area contributed by atoms with Gasteiger partial charge in [0.15, 0.2) is 0 Å². The van der Waals surface area contributed by atoms with Crippen LogP contribution < -0.4 is 14.7 Å². The maximum Gasteiger partial charge on any atom is 0.346 e. The summed E-state index contributed by atoms with van der Waals surface area (Å²) in [6.07, 6.45) is 4.95. The smallest absolute Gasteiger partial charge is 0.346 e. The lowest BCUT2D eigenvalue weighted by atomic mass is 10.2. The molecule has 0 saturated heterocycles. The first-order valence-electron chi connectivity index (χ1n) is 5.78. The molecule has 7 heteroatoms. The first-order chi connectivity index (χ1) is 9.31. The van der Waals surface area contributed by atoms with E-state index in [1.807, 2.05) is 24.4 Å². The highest BCUT2D eigenvalue weighted by atomic mass is 16.6. The van der Waals surface area contributed by atoms with Crippen molar-refractivity contribution in [3.63, 3.8) is 0 Å². The summed E-state index contributed by atoms with van der Waals surface area (Å²) in [7, 11) is 1.59. The zero-order valence-corrected chi connectivity index (χ0v) is 10.1. The first-order valence-corrected chi connectivity index (χ1v) is 5.78. The Labute approximate surface area is 107 Å². The lowest BCUT2D eigenvalue weighted by Gasteiger charge is -2.05. The summed E-state index contributed by atoms with van der Waals surface area (Å²) in [6, 6.07) is 5.65. The van der Waals surface area contributed by atoms with Crippen molar-refractivity contribution in [1.82, 2.24) is 14.6 Å². The molecule has 94 valence electrons. The fourth-order valence-corrected chi connectivity index (χ4v) is 2.44. The van der Waals surface area contributed by atoms with Gasteiger partial charge < -0.3 is 9.94 Å². The molecule has 1 N–H and O–H groups in total. The Kier molecular flexibility index (Phi) is 1.92. The summed E-state index contributed by atoms with van der Waals surface area (Å²) in [4.78, 5) is 9.86. The number of nitrogens with zero attached hydrogens (tertiary/aromatic N) is 4. The van der Waals surface area contributed by atoms with Crippen LogP contribution in [0.3, 0.4) is 0 Å². The number of fused-ring (bicyclic) bond motifs is 5. The number of ether oxygens (including phenoxy) is 1. The summed E-state index contributed by atoms with van der Waals surface area (Å²) in [5, 5.41) is 13.1. The zero-order chi connectivity index (χ0) is 13.0. The quantitative estimate of drug-likeness (QED) is 0.471. The molecule has 1 aliphatic rings. The molecule has 1 atom stereocenters. The Morgan fingerprint density at radius 3 is 3.00 bits per heavy atom. The normalized spacial score (nSPS) is 16.4. The van der Waals surface area contributed by atoms with Gasteiger partial charge in [0.1, 0.15) is 0 Å². The van der Waals surface area contributed by atoms with Gasteiger partial charge >= 0.3 is 11.3 Å². The second-order valence-electron chi connectivity index (χ2n) is 4.22. The molecule has 3 aromatic rings. The average Bonchev–Trinajstić information content (AvgIpc) is 2.96. The number of hydrogen-bond donors (Lipinski definition) is 1. The number of para-hydroxylation sites is 1. The van der Waals surface area contributed by atoms with Crippen LogP contribution in [0.1, 0.15) is 0 Å². The van der Waals surface area contributed by atoms with Crippen molar-refractivity contribution in [3.05, 3.63) is 42.0 Å². The van der Waals surface area contributed by atoms with Crippen molar-refractivity contribution < 1.29 is 14.7 Å². The number of aromatic nitrogens is 4. The van der Waals surface area contributed by atoms with Gasteiger partial charge in [-0.25, -0.2) is 4.98 Å². The molecule has 19 heavy (non-hydrogen) atoms. The van der Waals surface area contributed by atoms with Crippen LogP contribution in [0.4, 0.5) is 5.82 Å². The molecular weight excluding hydrogens is 246 g/mol. The van der Waals surface area contributed by atoms with E-state index in [0.29, 0.717) is 17.4 Å². The van der Waals surface area contributed by atoms with Crippen LogP contribution >= 0.6 is 0 Å². The van der Waals surface area contributed by atoms with Crippen LogP contribution in [-0.4, -0.2) is 21.8 Å². The number of quaternary nitrogens is 1.